The van der Waals surface area contributed by atoms with Crippen molar-refractivity contribution in [1.29, 1.82) is 0 Å². The maximum absolute atomic E-state index is 12.9. The van der Waals surface area contributed by atoms with Crippen molar-refractivity contribution in [3.8, 4) is 0 Å². The molecule has 0 radical (unpaired) electrons. The van der Waals surface area contributed by atoms with Gasteiger partial charge in [-0.25, -0.2) is 4.98 Å². The van der Waals surface area contributed by atoms with Gasteiger partial charge in [-0.05, 0) is 56.0 Å². The number of fused-ring (bicyclic) bond motifs is 1. The Morgan fingerprint density at radius 2 is 1.71 bits per heavy atom. The Morgan fingerprint density at radius 1 is 0.968 bits per heavy atom. The van der Waals surface area contributed by atoms with E-state index in [0.29, 0.717) is 34.5 Å². The van der Waals surface area contributed by atoms with E-state index in [0.717, 1.165) is 25.7 Å². The first-order chi connectivity index (χ1) is 15.1. The Bertz CT molecular complexity index is 1220. The number of benzene rings is 2. The van der Waals surface area contributed by atoms with Gasteiger partial charge in [-0.2, -0.15) is 0 Å². The Hall–Kier alpha value is -3.48. The second-order valence-corrected chi connectivity index (χ2v) is 8.34. The number of aryl methyl sites for hydroxylation is 1. The molecule has 0 spiro atoms. The maximum atomic E-state index is 12.9. The van der Waals surface area contributed by atoms with Gasteiger partial charge in [0, 0.05) is 36.2 Å². The first-order valence-corrected chi connectivity index (χ1v) is 10.8. The number of hydrogen-bond donors (Lipinski definition) is 2. The zero-order valence-electron chi connectivity index (χ0n) is 17.1. The van der Waals surface area contributed by atoms with E-state index < -0.39 is 0 Å². The number of anilines is 2. The summed E-state index contributed by atoms with van der Waals surface area (Å²) in [6, 6.07) is 14.7. The molecule has 2 aliphatic carbocycles. The molecule has 7 heteroatoms. The number of para-hydroxylation sites is 1. The number of carbonyl (C=O) groups is 2. The van der Waals surface area contributed by atoms with Crippen molar-refractivity contribution in [2.45, 2.75) is 44.6 Å². The number of aromatic nitrogens is 2. The third-order valence-electron chi connectivity index (χ3n) is 5.73. The maximum Gasteiger partial charge on any atom is 0.261 e. The Labute approximate surface area is 179 Å². The van der Waals surface area contributed by atoms with Gasteiger partial charge in [-0.1, -0.05) is 18.2 Å². The van der Waals surface area contributed by atoms with Crippen molar-refractivity contribution < 1.29 is 9.59 Å². The van der Waals surface area contributed by atoms with Gasteiger partial charge >= 0.3 is 0 Å². The third-order valence-corrected chi connectivity index (χ3v) is 5.73. The molecule has 31 heavy (non-hydrogen) atoms. The number of amides is 2. The van der Waals surface area contributed by atoms with Gasteiger partial charge < -0.3 is 10.6 Å². The van der Waals surface area contributed by atoms with E-state index in [1.807, 2.05) is 24.3 Å². The molecule has 0 saturated heterocycles. The number of nitrogens with zero attached hydrogens (tertiary/aromatic N) is 2. The standard InChI is InChI=1S/C24H24N4O3/c29-22(25-16-4-3-5-17(14-16)26-23(30)15-8-9-15)13-12-21-27-20-7-2-1-6-19(20)24(31)28(21)18-10-11-18/h1-7,14-15,18H,8-13H2,(H,25,29)(H,26,30). The quantitative estimate of drug-likeness (QED) is 0.615. The van der Waals surface area contributed by atoms with Crippen molar-refractivity contribution in [2.24, 2.45) is 5.92 Å². The fourth-order valence-corrected chi connectivity index (χ4v) is 3.79. The predicted octanol–water partition coefficient (Wildman–Crippen LogP) is 3.65. The fraction of sp³-hybridized carbons (Fsp3) is 0.333. The molecule has 158 valence electrons. The van der Waals surface area contributed by atoms with E-state index in [9.17, 15) is 14.4 Å². The van der Waals surface area contributed by atoms with Crippen LogP contribution in [-0.2, 0) is 16.0 Å². The molecule has 2 aromatic carbocycles. The first kappa shape index (κ1) is 19.5. The smallest absolute Gasteiger partial charge is 0.261 e. The molecule has 2 saturated carbocycles. The van der Waals surface area contributed by atoms with E-state index in [1.54, 1.807) is 28.8 Å². The molecule has 3 aromatic rings. The lowest BCUT2D eigenvalue weighted by atomic mass is 10.2. The summed E-state index contributed by atoms with van der Waals surface area (Å²) in [4.78, 5) is 42.1. The van der Waals surface area contributed by atoms with Gasteiger partial charge in [0.1, 0.15) is 5.82 Å². The van der Waals surface area contributed by atoms with Crippen LogP contribution >= 0.6 is 0 Å². The van der Waals surface area contributed by atoms with Crippen LogP contribution in [0, 0.1) is 5.92 Å². The average Bonchev–Trinajstić information content (AvgIpc) is 3.66. The molecule has 2 amide bonds. The summed E-state index contributed by atoms with van der Waals surface area (Å²) in [7, 11) is 0. The topological polar surface area (TPSA) is 93.1 Å². The predicted molar refractivity (Wildman–Crippen MR) is 119 cm³/mol. The molecular weight excluding hydrogens is 392 g/mol. The molecule has 7 nitrogen and oxygen atoms in total. The minimum Gasteiger partial charge on any atom is -0.326 e. The molecule has 2 aliphatic rings. The van der Waals surface area contributed by atoms with E-state index in [1.165, 1.54) is 0 Å². The summed E-state index contributed by atoms with van der Waals surface area (Å²) in [5.74, 6) is 0.655. The van der Waals surface area contributed by atoms with Crippen molar-refractivity contribution in [1.82, 2.24) is 9.55 Å². The van der Waals surface area contributed by atoms with Gasteiger partial charge in [0.2, 0.25) is 11.8 Å². The van der Waals surface area contributed by atoms with Crippen LogP contribution in [0.3, 0.4) is 0 Å². The molecule has 2 fully saturated rings. The average molecular weight is 416 g/mol. The number of carbonyl (C=O) groups excluding carboxylic acids is 2. The summed E-state index contributed by atoms with van der Waals surface area (Å²) in [6.07, 6.45) is 4.43. The lowest BCUT2D eigenvalue weighted by Crippen LogP contribution is -2.25. The minimum absolute atomic E-state index is 0.0254. The molecular formula is C24H24N4O3. The zero-order chi connectivity index (χ0) is 21.4. The van der Waals surface area contributed by atoms with Crippen molar-refractivity contribution in [3.05, 3.63) is 64.7 Å². The fourth-order valence-electron chi connectivity index (χ4n) is 3.79. The van der Waals surface area contributed by atoms with Crippen LogP contribution in [0.2, 0.25) is 0 Å². The van der Waals surface area contributed by atoms with Gasteiger partial charge in [0.25, 0.3) is 5.56 Å². The summed E-state index contributed by atoms with van der Waals surface area (Å²) in [5.41, 5.74) is 1.94. The minimum atomic E-state index is -0.157. The van der Waals surface area contributed by atoms with Crippen LogP contribution in [0.1, 0.15) is 44.0 Å². The lowest BCUT2D eigenvalue weighted by Gasteiger charge is -2.13. The van der Waals surface area contributed by atoms with Crippen LogP contribution in [-0.4, -0.2) is 21.4 Å². The van der Waals surface area contributed by atoms with Gasteiger partial charge in [-0.3, -0.25) is 19.0 Å². The van der Waals surface area contributed by atoms with E-state index >= 15 is 0 Å². The normalized spacial score (nSPS) is 15.6. The number of hydrogen-bond acceptors (Lipinski definition) is 4. The molecule has 2 N–H and O–H groups in total. The van der Waals surface area contributed by atoms with Crippen molar-refractivity contribution >= 4 is 34.1 Å². The van der Waals surface area contributed by atoms with Gasteiger partial charge in [0.05, 0.1) is 10.9 Å². The van der Waals surface area contributed by atoms with Gasteiger partial charge in [0.15, 0.2) is 0 Å². The summed E-state index contributed by atoms with van der Waals surface area (Å²) >= 11 is 0. The summed E-state index contributed by atoms with van der Waals surface area (Å²) in [5, 5.41) is 6.39. The molecule has 1 heterocycles. The zero-order valence-corrected chi connectivity index (χ0v) is 17.1. The monoisotopic (exact) mass is 416 g/mol. The second kappa shape index (κ2) is 7.98. The first-order valence-electron chi connectivity index (χ1n) is 10.8. The molecule has 5 rings (SSSR count). The highest BCUT2D eigenvalue weighted by Gasteiger charge is 2.30. The third kappa shape index (κ3) is 4.35. The summed E-state index contributed by atoms with van der Waals surface area (Å²) in [6.45, 7) is 0. The van der Waals surface area contributed by atoms with Crippen LogP contribution in [0.5, 0.6) is 0 Å². The van der Waals surface area contributed by atoms with E-state index in [-0.39, 0.29) is 35.8 Å². The van der Waals surface area contributed by atoms with Crippen LogP contribution in [0.15, 0.2) is 53.3 Å². The lowest BCUT2D eigenvalue weighted by molar-refractivity contribution is -0.117. The highest BCUT2D eigenvalue weighted by atomic mass is 16.2. The van der Waals surface area contributed by atoms with Gasteiger partial charge in [-0.15, -0.1) is 0 Å². The van der Waals surface area contributed by atoms with Crippen molar-refractivity contribution in [2.75, 3.05) is 10.6 Å². The van der Waals surface area contributed by atoms with Crippen LogP contribution in [0.25, 0.3) is 10.9 Å². The highest BCUT2D eigenvalue weighted by Crippen LogP contribution is 2.35. The van der Waals surface area contributed by atoms with Crippen molar-refractivity contribution in [3.63, 3.8) is 0 Å². The largest absolute Gasteiger partial charge is 0.326 e. The Morgan fingerprint density at radius 3 is 2.45 bits per heavy atom. The molecule has 0 atom stereocenters. The highest BCUT2D eigenvalue weighted by molar-refractivity contribution is 5.96. The van der Waals surface area contributed by atoms with E-state index in [2.05, 4.69) is 15.6 Å². The van der Waals surface area contributed by atoms with E-state index in [4.69, 9.17) is 0 Å². The molecule has 0 bridgehead atoms. The Balaban J connectivity index is 1.28. The molecule has 0 aliphatic heterocycles. The molecule has 0 unspecified atom stereocenters. The molecule has 1 aromatic heterocycles. The Kier molecular flexibility index (Phi) is 5.02. The van der Waals surface area contributed by atoms with Crippen LogP contribution < -0.4 is 16.2 Å². The van der Waals surface area contributed by atoms with Crippen LogP contribution in [0.4, 0.5) is 11.4 Å². The number of rotatable bonds is 7. The number of nitrogens with one attached hydrogen (secondary N) is 2. The summed E-state index contributed by atoms with van der Waals surface area (Å²) < 4.78 is 1.77. The SMILES string of the molecule is O=C(CCc1nc2ccccc2c(=O)n1C1CC1)Nc1cccc(NC(=O)C2CC2)c1. The second-order valence-electron chi connectivity index (χ2n) is 8.34.